The van der Waals surface area contributed by atoms with E-state index >= 15 is 0 Å². The van der Waals surface area contributed by atoms with Gasteiger partial charge in [-0.05, 0) is 52.9 Å². The number of aliphatic hydroxyl groups is 1. The quantitative estimate of drug-likeness (QED) is 0.702. The summed E-state index contributed by atoms with van der Waals surface area (Å²) >= 11 is 3.25. The lowest BCUT2D eigenvalue weighted by molar-refractivity contribution is 0.120. The highest BCUT2D eigenvalue weighted by Crippen LogP contribution is 2.33. The molecule has 4 N–H and O–H groups in total. The van der Waals surface area contributed by atoms with Crippen molar-refractivity contribution >= 4 is 31.6 Å². The van der Waals surface area contributed by atoms with Crippen molar-refractivity contribution in [2.45, 2.75) is 43.0 Å². The van der Waals surface area contributed by atoms with Gasteiger partial charge in [-0.15, -0.1) is 0 Å². The molecule has 7 heteroatoms. The zero-order valence-corrected chi connectivity index (χ0v) is 14.4. The minimum Gasteiger partial charge on any atom is -0.398 e. The average Bonchev–Trinajstić information content (AvgIpc) is 2.41. The maximum absolute atomic E-state index is 12.5. The molecule has 0 aromatic heterocycles. The van der Waals surface area contributed by atoms with Crippen LogP contribution in [0.4, 0.5) is 5.69 Å². The highest BCUT2D eigenvalue weighted by Gasteiger charge is 2.38. The molecule has 0 saturated heterocycles. The molecular weight excluding hydrogens is 356 g/mol. The fourth-order valence-corrected chi connectivity index (χ4v) is 4.68. The van der Waals surface area contributed by atoms with Crippen LogP contribution in [-0.2, 0) is 10.0 Å². The smallest absolute Gasteiger partial charge is 0.241 e. The number of sulfonamides is 1. The van der Waals surface area contributed by atoms with Crippen LogP contribution < -0.4 is 10.5 Å². The van der Waals surface area contributed by atoms with Crippen molar-refractivity contribution in [3.05, 3.63) is 22.7 Å². The van der Waals surface area contributed by atoms with Gasteiger partial charge >= 0.3 is 0 Å². The molecule has 1 aromatic carbocycles. The molecule has 0 aliphatic heterocycles. The van der Waals surface area contributed by atoms with Gasteiger partial charge in [0.1, 0.15) is 0 Å². The number of hydrogen-bond acceptors (Lipinski definition) is 4. The Morgan fingerprint density at radius 1 is 1.52 bits per heavy atom. The van der Waals surface area contributed by atoms with Crippen LogP contribution in [0.15, 0.2) is 27.6 Å². The van der Waals surface area contributed by atoms with Gasteiger partial charge in [0.2, 0.25) is 10.0 Å². The number of halogens is 1. The van der Waals surface area contributed by atoms with E-state index in [1.165, 1.54) is 12.1 Å². The molecule has 0 radical (unpaired) electrons. The molecule has 2 rings (SSSR count). The Balaban J connectivity index is 2.28. The van der Waals surface area contributed by atoms with Gasteiger partial charge in [-0.2, -0.15) is 0 Å². The maximum Gasteiger partial charge on any atom is 0.241 e. The summed E-state index contributed by atoms with van der Waals surface area (Å²) < 4.78 is 28.4. The van der Waals surface area contributed by atoms with Crippen LogP contribution in [0.5, 0.6) is 0 Å². The Morgan fingerprint density at radius 2 is 2.24 bits per heavy atom. The molecule has 0 heterocycles. The summed E-state index contributed by atoms with van der Waals surface area (Å²) in [5, 5.41) is 9.71. The van der Waals surface area contributed by atoms with Gasteiger partial charge < -0.3 is 10.8 Å². The molecule has 21 heavy (non-hydrogen) atoms. The molecule has 2 unspecified atom stereocenters. The van der Waals surface area contributed by atoms with Crippen LogP contribution in [-0.4, -0.2) is 25.7 Å². The van der Waals surface area contributed by atoms with Crippen molar-refractivity contribution in [2.75, 3.05) is 12.3 Å². The van der Waals surface area contributed by atoms with E-state index in [4.69, 9.17) is 5.73 Å². The first-order valence-corrected chi connectivity index (χ1v) is 9.25. The minimum absolute atomic E-state index is 0.120. The van der Waals surface area contributed by atoms with Crippen molar-refractivity contribution in [3.63, 3.8) is 0 Å². The van der Waals surface area contributed by atoms with Crippen molar-refractivity contribution in [1.29, 1.82) is 0 Å². The van der Waals surface area contributed by atoms with Gasteiger partial charge in [0, 0.05) is 10.2 Å². The SMILES string of the molecule is CC1CCCC(CO)(NS(=O)(=O)c2ccc(Br)c(N)c2)C1. The Kier molecular flexibility index (Phi) is 4.97. The van der Waals surface area contributed by atoms with Crippen molar-refractivity contribution < 1.29 is 13.5 Å². The lowest BCUT2D eigenvalue weighted by atomic mass is 9.78. The summed E-state index contributed by atoms with van der Waals surface area (Å²) in [4.78, 5) is 0.120. The molecule has 0 bridgehead atoms. The minimum atomic E-state index is -3.70. The number of benzene rings is 1. The molecule has 1 fully saturated rings. The third-order valence-corrected chi connectivity index (χ3v) is 6.32. The largest absolute Gasteiger partial charge is 0.398 e. The molecule has 1 aliphatic rings. The first-order valence-electron chi connectivity index (χ1n) is 6.98. The van der Waals surface area contributed by atoms with Crippen molar-refractivity contribution in [2.24, 2.45) is 5.92 Å². The lowest BCUT2D eigenvalue weighted by Gasteiger charge is -2.39. The van der Waals surface area contributed by atoms with Crippen LogP contribution in [0.3, 0.4) is 0 Å². The number of nitrogens with one attached hydrogen (secondary N) is 1. The first kappa shape index (κ1) is 16.7. The fourth-order valence-electron chi connectivity index (χ4n) is 2.96. The van der Waals surface area contributed by atoms with Crippen molar-refractivity contribution in [1.82, 2.24) is 4.72 Å². The van der Waals surface area contributed by atoms with E-state index in [2.05, 4.69) is 27.6 Å². The van der Waals surface area contributed by atoms with Crippen LogP contribution in [0.2, 0.25) is 0 Å². The van der Waals surface area contributed by atoms with E-state index in [1.54, 1.807) is 6.07 Å². The summed E-state index contributed by atoms with van der Waals surface area (Å²) in [6.45, 7) is 1.89. The van der Waals surface area contributed by atoms with Gasteiger partial charge in [0.15, 0.2) is 0 Å². The van der Waals surface area contributed by atoms with Gasteiger partial charge in [0.05, 0.1) is 17.0 Å². The van der Waals surface area contributed by atoms with E-state index in [9.17, 15) is 13.5 Å². The molecule has 1 aliphatic carbocycles. The maximum atomic E-state index is 12.5. The Labute approximate surface area is 134 Å². The molecule has 5 nitrogen and oxygen atoms in total. The fraction of sp³-hybridized carbons (Fsp3) is 0.571. The molecule has 0 amide bonds. The Morgan fingerprint density at radius 3 is 2.81 bits per heavy atom. The normalized spacial score (nSPS) is 26.7. The highest BCUT2D eigenvalue weighted by atomic mass is 79.9. The van der Waals surface area contributed by atoms with Gasteiger partial charge in [0.25, 0.3) is 0 Å². The number of hydrogen-bond donors (Lipinski definition) is 3. The highest BCUT2D eigenvalue weighted by molar-refractivity contribution is 9.10. The number of anilines is 1. The predicted octanol–water partition coefficient (Wildman–Crippen LogP) is 2.25. The second-order valence-corrected chi connectivity index (χ2v) is 8.47. The molecule has 1 saturated carbocycles. The third-order valence-electron chi connectivity index (χ3n) is 4.02. The first-order chi connectivity index (χ1) is 9.78. The van der Waals surface area contributed by atoms with Crippen LogP contribution in [0, 0.1) is 5.92 Å². The second kappa shape index (κ2) is 6.24. The zero-order valence-electron chi connectivity index (χ0n) is 12.0. The van der Waals surface area contributed by atoms with Gasteiger partial charge in [-0.25, -0.2) is 13.1 Å². The standard InChI is InChI=1S/C14H21BrN2O3S/c1-10-3-2-6-14(8-10,9-18)17-21(19,20)11-4-5-12(15)13(16)7-11/h4-5,7,10,17-18H,2-3,6,8-9,16H2,1H3. The lowest BCUT2D eigenvalue weighted by Crippen LogP contribution is -2.53. The monoisotopic (exact) mass is 376 g/mol. The summed E-state index contributed by atoms with van der Waals surface area (Å²) in [6.07, 6.45) is 3.27. The number of rotatable bonds is 4. The van der Waals surface area contributed by atoms with E-state index in [0.29, 0.717) is 28.9 Å². The third kappa shape index (κ3) is 3.77. The Hall–Kier alpha value is -0.630. The summed E-state index contributed by atoms with van der Waals surface area (Å²) in [5.41, 5.74) is 5.35. The van der Waals surface area contributed by atoms with E-state index < -0.39 is 15.6 Å². The molecular formula is C14H21BrN2O3S. The number of nitrogen functional groups attached to an aromatic ring is 1. The molecule has 118 valence electrons. The molecule has 2 atom stereocenters. The van der Waals surface area contributed by atoms with E-state index in [0.717, 1.165) is 12.8 Å². The van der Waals surface area contributed by atoms with Crippen molar-refractivity contribution in [3.8, 4) is 0 Å². The Bertz CT molecular complexity index is 621. The topological polar surface area (TPSA) is 92.4 Å². The van der Waals surface area contributed by atoms with Gasteiger partial charge in [-0.1, -0.05) is 19.8 Å². The second-order valence-electron chi connectivity index (χ2n) is 5.93. The summed E-state index contributed by atoms with van der Waals surface area (Å²) in [7, 11) is -3.70. The molecule has 1 aromatic rings. The predicted molar refractivity (Wildman–Crippen MR) is 86.3 cm³/mol. The van der Waals surface area contributed by atoms with Crippen LogP contribution in [0.25, 0.3) is 0 Å². The van der Waals surface area contributed by atoms with Crippen LogP contribution in [0.1, 0.15) is 32.6 Å². The number of nitrogens with two attached hydrogens (primary N) is 1. The van der Waals surface area contributed by atoms with Crippen LogP contribution >= 0.6 is 15.9 Å². The van der Waals surface area contributed by atoms with Gasteiger partial charge in [-0.3, -0.25) is 0 Å². The van der Waals surface area contributed by atoms with E-state index in [-0.39, 0.29) is 11.5 Å². The zero-order chi connectivity index (χ0) is 15.7. The summed E-state index contributed by atoms with van der Waals surface area (Å²) in [6, 6.07) is 4.53. The van der Waals surface area contributed by atoms with E-state index in [1.807, 2.05) is 0 Å². The molecule has 0 spiro atoms. The number of aliphatic hydroxyl groups excluding tert-OH is 1. The average molecular weight is 377 g/mol. The summed E-state index contributed by atoms with van der Waals surface area (Å²) in [5.74, 6) is 0.392.